The molecule has 10 nitrogen and oxygen atoms in total. The maximum atomic E-state index is 13.2. The maximum absolute atomic E-state index is 13.2. The number of fused-ring (bicyclic) bond motifs is 2. The summed E-state index contributed by atoms with van der Waals surface area (Å²) in [6, 6.07) is 12.5. The second kappa shape index (κ2) is 8.70. The number of rotatable bonds is 4. The van der Waals surface area contributed by atoms with Crippen LogP contribution in [0.15, 0.2) is 53.5 Å². The van der Waals surface area contributed by atoms with E-state index in [4.69, 9.17) is 9.47 Å². The summed E-state index contributed by atoms with van der Waals surface area (Å²) in [4.78, 5) is 48.5. The fourth-order valence-electron chi connectivity index (χ4n) is 4.97. The molecule has 3 aromatic rings. The fourth-order valence-corrected chi connectivity index (χ4v) is 4.97. The van der Waals surface area contributed by atoms with Crippen molar-refractivity contribution in [1.82, 2.24) is 19.2 Å². The van der Waals surface area contributed by atoms with Crippen LogP contribution in [0.4, 0.5) is 5.69 Å². The quantitative estimate of drug-likeness (QED) is 0.558. The number of benzene rings is 1. The molecular weight excluding hydrogens is 450 g/mol. The van der Waals surface area contributed by atoms with E-state index in [2.05, 4.69) is 9.88 Å². The molecule has 1 aromatic carbocycles. The van der Waals surface area contributed by atoms with Crippen molar-refractivity contribution in [2.45, 2.75) is 13.0 Å². The molecule has 0 bridgehead atoms. The lowest BCUT2D eigenvalue weighted by Crippen LogP contribution is -2.50. The van der Waals surface area contributed by atoms with Gasteiger partial charge in [0.05, 0.1) is 11.6 Å². The second-order valence-electron chi connectivity index (χ2n) is 9.06. The van der Waals surface area contributed by atoms with Crippen LogP contribution < -0.4 is 19.9 Å². The summed E-state index contributed by atoms with van der Waals surface area (Å²) < 4.78 is 12.3. The number of pyridine rings is 1. The summed E-state index contributed by atoms with van der Waals surface area (Å²) in [5.41, 5.74) is 1.97. The molecule has 3 aliphatic heterocycles. The Morgan fingerprint density at radius 2 is 1.83 bits per heavy atom. The van der Waals surface area contributed by atoms with Crippen LogP contribution >= 0.6 is 0 Å². The number of carbonyl (C=O) groups excluding carboxylic acids is 2. The van der Waals surface area contributed by atoms with E-state index in [0.29, 0.717) is 56.4 Å². The highest BCUT2D eigenvalue weighted by atomic mass is 16.7. The van der Waals surface area contributed by atoms with Crippen molar-refractivity contribution in [1.29, 1.82) is 0 Å². The van der Waals surface area contributed by atoms with E-state index in [1.165, 1.54) is 4.40 Å². The van der Waals surface area contributed by atoms with E-state index < -0.39 is 0 Å². The normalized spacial score (nSPS) is 20.1. The molecule has 6 rings (SSSR count). The lowest BCUT2D eigenvalue weighted by molar-refractivity contribution is -0.137. The van der Waals surface area contributed by atoms with Gasteiger partial charge in [-0.15, -0.1) is 0 Å². The Kier molecular flexibility index (Phi) is 5.37. The van der Waals surface area contributed by atoms with E-state index in [1.54, 1.807) is 35.4 Å². The van der Waals surface area contributed by atoms with Gasteiger partial charge in [-0.25, -0.2) is 4.98 Å². The topological polar surface area (TPSA) is 96.7 Å². The van der Waals surface area contributed by atoms with Crippen LogP contribution in [0.5, 0.6) is 11.5 Å². The third-order valence-corrected chi connectivity index (χ3v) is 6.84. The SMILES string of the molecule is O=C(C1CC(=O)N(c2ccc3c(c2)OCO3)C1)N1CCN(Cc2cc(=O)n3ccccc3n2)CC1. The van der Waals surface area contributed by atoms with Crippen molar-refractivity contribution in [2.75, 3.05) is 44.4 Å². The number of aromatic nitrogens is 2. The molecule has 2 aromatic heterocycles. The van der Waals surface area contributed by atoms with Crippen molar-refractivity contribution in [3.63, 3.8) is 0 Å². The molecule has 2 saturated heterocycles. The van der Waals surface area contributed by atoms with Crippen LogP contribution in [-0.4, -0.2) is 70.5 Å². The van der Waals surface area contributed by atoms with Crippen LogP contribution in [0.3, 0.4) is 0 Å². The number of piperazine rings is 1. The molecule has 10 heteroatoms. The molecule has 3 aliphatic rings. The van der Waals surface area contributed by atoms with Crippen molar-refractivity contribution < 1.29 is 19.1 Å². The number of ether oxygens (including phenoxy) is 2. The zero-order valence-corrected chi connectivity index (χ0v) is 19.1. The Morgan fingerprint density at radius 3 is 2.69 bits per heavy atom. The first kappa shape index (κ1) is 21.6. The first-order valence-corrected chi connectivity index (χ1v) is 11.7. The van der Waals surface area contributed by atoms with Gasteiger partial charge in [-0.1, -0.05) is 6.07 Å². The summed E-state index contributed by atoms with van der Waals surface area (Å²) >= 11 is 0. The minimum atomic E-state index is -0.360. The van der Waals surface area contributed by atoms with Crippen LogP contribution in [0, 0.1) is 5.92 Å². The first-order valence-electron chi connectivity index (χ1n) is 11.7. The molecule has 5 heterocycles. The Hall–Kier alpha value is -3.92. The average Bonchev–Trinajstić information content (AvgIpc) is 3.50. The predicted octanol–water partition coefficient (Wildman–Crippen LogP) is 1.12. The molecule has 0 saturated carbocycles. The summed E-state index contributed by atoms with van der Waals surface area (Å²) in [6.07, 6.45) is 1.92. The van der Waals surface area contributed by atoms with Gasteiger partial charge in [-0.2, -0.15) is 0 Å². The molecule has 180 valence electrons. The van der Waals surface area contributed by atoms with Gasteiger partial charge < -0.3 is 19.3 Å². The van der Waals surface area contributed by atoms with Crippen molar-refractivity contribution in [2.24, 2.45) is 5.92 Å². The number of anilines is 1. The summed E-state index contributed by atoms with van der Waals surface area (Å²) in [6.45, 7) is 3.64. The highest BCUT2D eigenvalue weighted by Crippen LogP contribution is 2.37. The molecular formula is C25H25N5O5. The molecule has 0 N–H and O–H groups in total. The van der Waals surface area contributed by atoms with Crippen LogP contribution in [0.2, 0.25) is 0 Å². The molecule has 0 spiro atoms. The minimum Gasteiger partial charge on any atom is -0.454 e. The Bertz CT molecular complexity index is 1360. The van der Waals surface area contributed by atoms with Crippen LogP contribution in [0.25, 0.3) is 5.65 Å². The standard InChI is InChI=1S/C25H25N5O5/c31-23-11-17(14-30(23)19-4-5-20-21(13-19)35-16-34-20)25(33)28-9-7-27(8-10-28)15-18-12-24(32)29-6-2-1-3-22(29)26-18/h1-6,12-13,17H,7-11,14-16H2. The van der Waals surface area contributed by atoms with E-state index in [1.807, 2.05) is 23.1 Å². The lowest BCUT2D eigenvalue weighted by atomic mass is 10.1. The molecule has 0 aliphatic carbocycles. The van der Waals surface area contributed by atoms with E-state index in [0.717, 1.165) is 11.4 Å². The average molecular weight is 476 g/mol. The lowest BCUT2D eigenvalue weighted by Gasteiger charge is -2.35. The Morgan fingerprint density at radius 1 is 1.00 bits per heavy atom. The van der Waals surface area contributed by atoms with E-state index >= 15 is 0 Å². The van der Waals surface area contributed by atoms with Gasteiger partial charge in [0, 0.05) is 69.7 Å². The van der Waals surface area contributed by atoms with Gasteiger partial charge in [0.25, 0.3) is 5.56 Å². The maximum Gasteiger partial charge on any atom is 0.258 e. The molecule has 2 amide bonds. The number of nitrogens with zero attached hydrogens (tertiary/aromatic N) is 5. The third kappa shape index (κ3) is 4.10. The fraction of sp³-hybridized carbons (Fsp3) is 0.360. The third-order valence-electron chi connectivity index (χ3n) is 6.84. The van der Waals surface area contributed by atoms with Gasteiger partial charge >= 0.3 is 0 Å². The van der Waals surface area contributed by atoms with Gasteiger partial charge in [0.2, 0.25) is 18.6 Å². The monoisotopic (exact) mass is 475 g/mol. The van der Waals surface area contributed by atoms with Gasteiger partial charge in [0.15, 0.2) is 11.5 Å². The largest absolute Gasteiger partial charge is 0.454 e. The zero-order chi connectivity index (χ0) is 23.9. The number of amides is 2. The van der Waals surface area contributed by atoms with Crippen molar-refractivity contribution >= 4 is 23.1 Å². The van der Waals surface area contributed by atoms with Gasteiger partial charge in [0.1, 0.15) is 5.65 Å². The molecule has 1 unspecified atom stereocenters. The minimum absolute atomic E-state index is 0.0170. The van der Waals surface area contributed by atoms with E-state index in [9.17, 15) is 14.4 Å². The Labute approximate surface area is 201 Å². The number of carbonyl (C=O) groups is 2. The van der Waals surface area contributed by atoms with Crippen LogP contribution in [-0.2, 0) is 16.1 Å². The highest BCUT2D eigenvalue weighted by molar-refractivity contribution is 6.00. The first-order chi connectivity index (χ1) is 17.0. The second-order valence-corrected chi connectivity index (χ2v) is 9.06. The smallest absolute Gasteiger partial charge is 0.258 e. The predicted molar refractivity (Wildman–Crippen MR) is 126 cm³/mol. The zero-order valence-electron chi connectivity index (χ0n) is 19.1. The van der Waals surface area contributed by atoms with Crippen molar-refractivity contribution in [3.8, 4) is 11.5 Å². The van der Waals surface area contributed by atoms with Gasteiger partial charge in [-0.3, -0.25) is 23.7 Å². The molecule has 1 atom stereocenters. The summed E-state index contributed by atoms with van der Waals surface area (Å²) in [7, 11) is 0. The Balaban J connectivity index is 1.06. The molecule has 0 radical (unpaired) electrons. The van der Waals surface area contributed by atoms with Gasteiger partial charge in [-0.05, 0) is 24.3 Å². The molecule has 35 heavy (non-hydrogen) atoms. The molecule has 2 fully saturated rings. The summed E-state index contributed by atoms with van der Waals surface area (Å²) in [5.74, 6) is 0.874. The van der Waals surface area contributed by atoms with E-state index in [-0.39, 0.29) is 36.5 Å². The highest BCUT2D eigenvalue weighted by Gasteiger charge is 2.38. The van der Waals surface area contributed by atoms with Crippen LogP contribution in [0.1, 0.15) is 12.1 Å². The van der Waals surface area contributed by atoms with Crippen molar-refractivity contribution in [3.05, 3.63) is 64.7 Å². The summed E-state index contributed by atoms with van der Waals surface area (Å²) in [5, 5.41) is 0. The number of hydrogen-bond donors (Lipinski definition) is 0. The number of hydrogen-bond acceptors (Lipinski definition) is 7.